The van der Waals surface area contributed by atoms with E-state index in [9.17, 15) is 22.8 Å². The number of nitrogens with zero attached hydrogens (tertiary/aromatic N) is 2. The van der Waals surface area contributed by atoms with E-state index in [2.05, 4.69) is 10.2 Å². The lowest BCUT2D eigenvalue weighted by Crippen LogP contribution is -2.48. The Morgan fingerprint density at radius 2 is 2.00 bits per heavy atom. The highest BCUT2D eigenvalue weighted by Crippen LogP contribution is 2.21. The second-order valence-corrected chi connectivity index (χ2v) is 9.73. The number of esters is 1. The molecular formula is C20H25N3O6S. The van der Waals surface area contributed by atoms with Crippen LogP contribution in [0.1, 0.15) is 32.4 Å². The van der Waals surface area contributed by atoms with Crippen molar-refractivity contribution >= 4 is 32.5 Å². The number of hydrogen-bond acceptors (Lipinski definition) is 7. The zero-order valence-electron chi connectivity index (χ0n) is 17.0. The van der Waals surface area contributed by atoms with Gasteiger partial charge in [-0.05, 0) is 25.8 Å². The molecule has 0 bridgehead atoms. The van der Waals surface area contributed by atoms with Gasteiger partial charge in [0.2, 0.25) is 0 Å². The van der Waals surface area contributed by atoms with Gasteiger partial charge >= 0.3 is 5.97 Å². The van der Waals surface area contributed by atoms with Crippen molar-refractivity contribution in [2.45, 2.75) is 45.2 Å². The van der Waals surface area contributed by atoms with Crippen molar-refractivity contribution in [2.75, 3.05) is 18.1 Å². The second-order valence-electron chi connectivity index (χ2n) is 7.50. The van der Waals surface area contributed by atoms with Crippen LogP contribution in [0.4, 0.5) is 0 Å². The molecule has 0 radical (unpaired) electrons. The molecule has 1 amide bonds. The summed E-state index contributed by atoms with van der Waals surface area (Å²) >= 11 is 0. The van der Waals surface area contributed by atoms with Gasteiger partial charge < -0.3 is 9.64 Å². The highest BCUT2D eigenvalue weighted by molar-refractivity contribution is 7.91. The fourth-order valence-electron chi connectivity index (χ4n) is 3.71. The number of benzene rings is 1. The number of nitrogens with one attached hydrogen (secondary N) is 1. The third kappa shape index (κ3) is 4.86. The molecule has 3 rings (SSSR count). The quantitative estimate of drug-likeness (QED) is 0.638. The Bertz CT molecular complexity index is 1110. The van der Waals surface area contributed by atoms with E-state index < -0.39 is 34.4 Å². The fourth-order valence-corrected chi connectivity index (χ4v) is 5.42. The Morgan fingerprint density at radius 3 is 2.63 bits per heavy atom. The second kappa shape index (κ2) is 8.95. The summed E-state index contributed by atoms with van der Waals surface area (Å²) in [6.45, 7) is 3.29. The Balaban J connectivity index is 1.67. The number of aromatic amines is 1. The van der Waals surface area contributed by atoms with Crippen molar-refractivity contribution < 1.29 is 22.7 Å². The molecule has 1 aromatic carbocycles. The van der Waals surface area contributed by atoms with Crippen LogP contribution in [-0.2, 0) is 30.6 Å². The average Bonchev–Trinajstić information content (AvgIpc) is 3.08. The monoisotopic (exact) mass is 435 g/mol. The molecule has 9 nitrogen and oxygen atoms in total. The first-order valence-corrected chi connectivity index (χ1v) is 11.7. The minimum Gasteiger partial charge on any atom is -0.455 e. The lowest BCUT2D eigenvalue weighted by molar-refractivity contribution is -0.153. The van der Waals surface area contributed by atoms with Crippen LogP contribution >= 0.6 is 0 Å². The van der Waals surface area contributed by atoms with E-state index in [0.29, 0.717) is 29.3 Å². The Morgan fingerprint density at radius 1 is 1.30 bits per heavy atom. The molecule has 30 heavy (non-hydrogen) atoms. The van der Waals surface area contributed by atoms with Crippen LogP contribution in [0, 0.1) is 0 Å². The van der Waals surface area contributed by atoms with Crippen molar-refractivity contribution in [1.29, 1.82) is 0 Å². The first-order chi connectivity index (χ1) is 14.2. The number of hydrogen-bond donors (Lipinski definition) is 1. The Hall–Kier alpha value is -2.75. The number of rotatable bonds is 7. The largest absolute Gasteiger partial charge is 0.455 e. The predicted octanol–water partition coefficient (Wildman–Crippen LogP) is 0.823. The number of ether oxygens (including phenoxy) is 1. The maximum absolute atomic E-state index is 12.7. The molecule has 0 spiro atoms. The lowest BCUT2D eigenvalue weighted by atomic mass is 10.1. The van der Waals surface area contributed by atoms with Crippen LogP contribution in [-0.4, -0.2) is 65.6 Å². The van der Waals surface area contributed by atoms with Crippen molar-refractivity contribution in [3.63, 3.8) is 0 Å². The third-order valence-corrected chi connectivity index (χ3v) is 7.15. The fraction of sp³-hybridized carbons (Fsp3) is 0.500. The van der Waals surface area contributed by atoms with Gasteiger partial charge in [0.15, 0.2) is 16.4 Å². The standard InChI is InChI=1S/C20H25N3O6S/c1-3-13(2)23(14-8-9-30(27,28)12-14)18(24)11-29-19(25)10-17-15-6-4-5-7-16(15)20(26)22-21-17/h4-7,13-14H,3,8-12H2,1-2H3,(H,22,26)/t13-,14+/m1/s1. The van der Waals surface area contributed by atoms with Crippen LogP contribution in [0.3, 0.4) is 0 Å². The molecule has 0 unspecified atom stereocenters. The minimum atomic E-state index is -3.15. The van der Waals surface area contributed by atoms with Gasteiger partial charge in [-0.15, -0.1) is 0 Å². The molecular weight excluding hydrogens is 410 g/mol. The van der Waals surface area contributed by atoms with Gasteiger partial charge in [0, 0.05) is 17.5 Å². The number of amides is 1. The van der Waals surface area contributed by atoms with Gasteiger partial charge in [-0.25, -0.2) is 13.5 Å². The summed E-state index contributed by atoms with van der Waals surface area (Å²) in [6, 6.07) is 6.21. The Labute approximate surface area is 174 Å². The summed E-state index contributed by atoms with van der Waals surface area (Å²) in [5.74, 6) is -1.08. The average molecular weight is 436 g/mol. The highest BCUT2D eigenvalue weighted by Gasteiger charge is 2.36. The Kier molecular flexibility index (Phi) is 6.55. The van der Waals surface area contributed by atoms with Gasteiger partial charge in [-0.2, -0.15) is 5.10 Å². The van der Waals surface area contributed by atoms with Gasteiger partial charge in [-0.1, -0.05) is 25.1 Å². The maximum atomic E-state index is 12.7. The third-order valence-electron chi connectivity index (χ3n) is 5.40. The summed E-state index contributed by atoms with van der Waals surface area (Å²) in [5.41, 5.74) is -0.00285. The van der Waals surface area contributed by atoms with Crippen molar-refractivity contribution in [1.82, 2.24) is 15.1 Å². The van der Waals surface area contributed by atoms with Crippen LogP contribution in [0.15, 0.2) is 29.1 Å². The summed E-state index contributed by atoms with van der Waals surface area (Å²) in [5, 5.41) is 7.24. The van der Waals surface area contributed by atoms with Crippen LogP contribution in [0.2, 0.25) is 0 Å². The molecule has 1 aliphatic heterocycles. The zero-order chi connectivity index (χ0) is 21.9. The number of carbonyl (C=O) groups excluding carboxylic acids is 2. The molecule has 0 aliphatic carbocycles. The minimum absolute atomic E-state index is 0.0582. The summed E-state index contributed by atoms with van der Waals surface area (Å²) < 4.78 is 28.8. The van der Waals surface area contributed by atoms with E-state index in [4.69, 9.17) is 4.74 Å². The molecule has 2 heterocycles. The van der Waals surface area contributed by atoms with Crippen LogP contribution < -0.4 is 5.56 Å². The summed E-state index contributed by atoms with van der Waals surface area (Å²) in [7, 11) is -3.15. The summed E-state index contributed by atoms with van der Waals surface area (Å²) in [4.78, 5) is 38.4. The molecule has 1 aromatic heterocycles. The number of sulfone groups is 1. The van der Waals surface area contributed by atoms with E-state index in [1.807, 2.05) is 13.8 Å². The van der Waals surface area contributed by atoms with Crippen LogP contribution in [0.25, 0.3) is 10.8 Å². The molecule has 10 heteroatoms. The smallest absolute Gasteiger partial charge is 0.312 e. The lowest BCUT2D eigenvalue weighted by Gasteiger charge is -2.33. The topological polar surface area (TPSA) is 126 Å². The van der Waals surface area contributed by atoms with Gasteiger partial charge in [0.25, 0.3) is 11.5 Å². The molecule has 1 saturated heterocycles. The molecule has 1 aliphatic rings. The SMILES string of the molecule is CC[C@@H](C)N(C(=O)COC(=O)Cc1n[nH]c(=O)c2ccccc12)[C@H]1CCS(=O)(=O)C1. The first kappa shape index (κ1) is 21.9. The van der Waals surface area contributed by atoms with E-state index in [1.54, 1.807) is 24.3 Å². The van der Waals surface area contributed by atoms with Gasteiger partial charge in [0.05, 0.1) is 29.0 Å². The zero-order valence-corrected chi connectivity index (χ0v) is 17.8. The number of fused-ring (bicyclic) bond motifs is 1. The van der Waals surface area contributed by atoms with E-state index in [1.165, 1.54) is 4.90 Å². The molecule has 2 atom stereocenters. The molecule has 1 fully saturated rings. The van der Waals surface area contributed by atoms with E-state index >= 15 is 0 Å². The first-order valence-electron chi connectivity index (χ1n) is 9.85. The molecule has 162 valence electrons. The predicted molar refractivity (Wildman–Crippen MR) is 111 cm³/mol. The van der Waals surface area contributed by atoms with Crippen LogP contribution in [0.5, 0.6) is 0 Å². The van der Waals surface area contributed by atoms with E-state index in [-0.39, 0.29) is 29.5 Å². The highest BCUT2D eigenvalue weighted by atomic mass is 32.2. The molecule has 1 N–H and O–H groups in total. The van der Waals surface area contributed by atoms with E-state index in [0.717, 1.165) is 0 Å². The molecule has 2 aromatic rings. The number of carbonyl (C=O) groups is 2. The van der Waals surface area contributed by atoms with Crippen molar-refractivity contribution in [3.05, 3.63) is 40.3 Å². The number of H-pyrrole nitrogens is 1. The van der Waals surface area contributed by atoms with Gasteiger partial charge in [0.1, 0.15) is 0 Å². The molecule has 0 saturated carbocycles. The van der Waals surface area contributed by atoms with Crippen molar-refractivity contribution in [3.8, 4) is 0 Å². The summed E-state index contributed by atoms with van der Waals surface area (Å²) in [6.07, 6.45) is 0.842. The normalized spacial score (nSPS) is 18.8. The maximum Gasteiger partial charge on any atom is 0.312 e. The van der Waals surface area contributed by atoms with Crippen molar-refractivity contribution in [2.24, 2.45) is 0 Å². The van der Waals surface area contributed by atoms with Gasteiger partial charge in [-0.3, -0.25) is 14.4 Å². The number of aromatic nitrogens is 2.